The Morgan fingerprint density at radius 3 is 2.73 bits per heavy atom. The first-order chi connectivity index (χ1) is 7.29. The first kappa shape index (κ1) is 10.3. The van der Waals surface area contributed by atoms with Gasteiger partial charge < -0.3 is 10.1 Å². The molecule has 3 nitrogen and oxygen atoms in total. The monoisotopic (exact) mass is 206 g/mol. The molecule has 0 radical (unpaired) electrons. The lowest BCUT2D eigenvalue weighted by atomic mass is 10.2. The van der Waals surface area contributed by atoms with Crippen LogP contribution in [0.5, 0.6) is 5.75 Å². The van der Waals surface area contributed by atoms with Crippen molar-refractivity contribution in [2.75, 3.05) is 12.4 Å². The molecule has 1 aliphatic rings. The smallest absolute Gasteiger partial charge is 0.169 e. The second kappa shape index (κ2) is 4.51. The molecular weight excluding hydrogens is 188 g/mol. The number of hydrogen-bond donors (Lipinski definition) is 1. The fraction of sp³-hybridized carbons (Fsp3) is 0.583. The van der Waals surface area contributed by atoms with Crippen LogP contribution < -0.4 is 10.1 Å². The fourth-order valence-electron chi connectivity index (χ4n) is 2.08. The van der Waals surface area contributed by atoms with E-state index in [2.05, 4.69) is 10.3 Å². The molecule has 1 N–H and O–H groups in total. The zero-order valence-corrected chi connectivity index (χ0v) is 9.42. The van der Waals surface area contributed by atoms with Crippen LogP contribution >= 0.6 is 0 Å². The van der Waals surface area contributed by atoms with E-state index < -0.39 is 0 Å². The summed E-state index contributed by atoms with van der Waals surface area (Å²) in [4.78, 5) is 4.47. The standard InChI is InChI=1S/C12H18N2O/c1-9-7-8-11(15-2)12(13-9)14-10-5-3-4-6-10/h7-8,10H,3-6H2,1-2H3,(H,13,14). The van der Waals surface area contributed by atoms with Crippen LogP contribution in [0.2, 0.25) is 0 Å². The molecule has 0 spiro atoms. The number of nitrogens with one attached hydrogen (secondary N) is 1. The number of methoxy groups -OCH3 is 1. The van der Waals surface area contributed by atoms with Gasteiger partial charge >= 0.3 is 0 Å². The van der Waals surface area contributed by atoms with Crippen molar-refractivity contribution in [2.45, 2.75) is 38.6 Å². The zero-order valence-electron chi connectivity index (χ0n) is 9.42. The number of ether oxygens (including phenoxy) is 1. The maximum atomic E-state index is 5.29. The second-order valence-corrected chi connectivity index (χ2v) is 4.13. The predicted molar refractivity (Wildman–Crippen MR) is 61.4 cm³/mol. The molecule has 0 unspecified atom stereocenters. The van der Waals surface area contributed by atoms with Crippen molar-refractivity contribution in [3.8, 4) is 5.75 Å². The lowest BCUT2D eigenvalue weighted by Crippen LogP contribution is -2.16. The van der Waals surface area contributed by atoms with Gasteiger partial charge in [-0.15, -0.1) is 0 Å². The molecule has 15 heavy (non-hydrogen) atoms. The first-order valence-electron chi connectivity index (χ1n) is 5.58. The number of rotatable bonds is 3. The van der Waals surface area contributed by atoms with Gasteiger partial charge in [-0.05, 0) is 31.9 Å². The average Bonchev–Trinajstić information content (AvgIpc) is 2.71. The highest BCUT2D eigenvalue weighted by molar-refractivity contribution is 5.51. The Balaban J connectivity index is 2.14. The minimum Gasteiger partial charge on any atom is -0.493 e. The minimum atomic E-state index is 0.577. The fourth-order valence-corrected chi connectivity index (χ4v) is 2.08. The van der Waals surface area contributed by atoms with Gasteiger partial charge in [0.1, 0.15) is 0 Å². The zero-order chi connectivity index (χ0) is 10.7. The van der Waals surface area contributed by atoms with Crippen LogP contribution in [0.1, 0.15) is 31.4 Å². The van der Waals surface area contributed by atoms with Crippen molar-refractivity contribution in [1.29, 1.82) is 0 Å². The molecule has 2 rings (SSSR count). The lowest BCUT2D eigenvalue weighted by molar-refractivity contribution is 0.414. The van der Waals surface area contributed by atoms with Crippen molar-refractivity contribution < 1.29 is 4.74 Å². The Hall–Kier alpha value is -1.25. The number of hydrogen-bond acceptors (Lipinski definition) is 3. The van der Waals surface area contributed by atoms with Crippen LogP contribution in [0.15, 0.2) is 12.1 Å². The van der Waals surface area contributed by atoms with E-state index in [1.165, 1.54) is 25.7 Å². The van der Waals surface area contributed by atoms with Crippen LogP contribution in [0.4, 0.5) is 5.82 Å². The third-order valence-electron chi connectivity index (χ3n) is 2.91. The van der Waals surface area contributed by atoms with E-state index in [-0.39, 0.29) is 0 Å². The van der Waals surface area contributed by atoms with Crippen molar-refractivity contribution in [2.24, 2.45) is 0 Å². The third-order valence-corrected chi connectivity index (χ3v) is 2.91. The van der Waals surface area contributed by atoms with Crippen LogP contribution in [0, 0.1) is 6.92 Å². The summed E-state index contributed by atoms with van der Waals surface area (Å²) >= 11 is 0. The highest BCUT2D eigenvalue weighted by atomic mass is 16.5. The molecule has 1 aliphatic carbocycles. The molecule has 0 saturated heterocycles. The first-order valence-corrected chi connectivity index (χ1v) is 5.58. The summed E-state index contributed by atoms with van der Waals surface area (Å²) in [6.07, 6.45) is 5.15. The van der Waals surface area contributed by atoms with Gasteiger partial charge in [0.05, 0.1) is 7.11 Å². The molecule has 0 aliphatic heterocycles. The van der Waals surface area contributed by atoms with Gasteiger partial charge in [0, 0.05) is 11.7 Å². The Labute approximate surface area is 90.9 Å². The molecule has 3 heteroatoms. The van der Waals surface area contributed by atoms with Gasteiger partial charge in [0.2, 0.25) is 0 Å². The summed E-state index contributed by atoms with van der Waals surface area (Å²) < 4.78 is 5.29. The number of anilines is 1. The Bertz CT molecular complexity index is 332. The van der Waals surface area contributed by atoms with Gasteiger partial charge in [-0.1, -0.05) is 12.8 Å². The number of aromatic nitrogens is 1. The van der Waals surface area contributed by atoms with Gasteiger partial charge in [0.25, 0.3) is 0 Å². The summed E-state index contributed by atoms with van der Waals surface area (Å²) in [6, 6.07) is 4.52. The maximum absolute atomic E-state index is 5.29. The predicted octanol–water partition coefficient (Wildman–Crippen LogP) is 2.75. The molecule has 82 valence electrons. The number of aryl methyl sites for hydroxylation is 1. The number of nitrogens with zero attached hydrogens (tertiary/aromatic N) is 1. The number of pyridine rings is 1. The quantitative estimate of drug-likeness (QED) is 0.825. The van der Waals surface area contributed by atoms with Crippen molar-refractivity contribution in [3.05, 3.63) is 17.8 Å². The van der Waals surface area contributed by atoms with Crippen LogP contribution in [0.3, 0.4) is 0 Å². The molecule has 1 saturated carbocycles. The Morgan fingerprint density at radius 1 is 1.33 bits per heavy atom. The molecule has 1 fully saturated rings. The van der Waals surface area contributed by atoms with E-state index >= 15 is 0 Å². The summed E-state index contributed by atoms with van der Waals surface area (Å²) in [5.41, 5.74) is 1.02. The largest absolute Gasteiger partial charge is 0.493 e. The van der Waals surface area contributed by atoms with E-state index in [9.17, 15) is 0 Å². The molecule has 0 atom stereocenters. The third kappa shape index (κ3) is 2.41. The highest BCUT2D eigenvalue weighted by Gasteiger charge is 2.16. The van der Waals surface area contributed by atoms with Gasteiger partial charge in [-0.3, -0.25) is 0 Å². The van der Waals surface area contributed by atoms with Crippen LogP contribution in [-0.4, -0.2) is 18.1 Å². The Kier molecular flexibility index (Phi) is 3.09. The topological polar surface area (TPSA) is 34.1 Å². The van der Waals surface area contributed by atoms with E-state index in [0.29, 0.717) is 6.04 Å². The van der Waals surface area contributed by atoms with E-state index in [1.807, 2.05) is 19.1 Å². The van der Waals surface area contributed by atoms with Gasteiger partial charge in [0.15, 0.2) is 11.6 Å². The molecule has 0 bridgehead atoms. The Morgan fingerprint density at radius 2 is 2.07 bits per heavy atom. The molecular formula is C12H18N2O. The normalized spacial score (nSPS) is 16.7. The molecule has 0 amide bonds. The maximum Gasteiger partial charge on any atom is 0.169 e. The average molecular weight is 206 g/mol. The van der Waals surface area contributed by atoms with Gasteiger partial charge in [-0.2, -0.15) is 0 Å². The van der Waals surface area contributed by atoms with E-state index in [1.54, 1.807) is 7.11 Å². The summed E-state index contributed by atoms with van der Waals surface area (Å²) in [6.45, 7) is 2.00. The van der Waals surface area contributed by atoms with Crippen LogP contribution in [-0.2, 0) is 0 Å². The molecule has 1 heterocycles. The summed E-state index contributed by atoms with van der Waals surface area (Å²) in [5, 5.41) is 3.47. The molecule has 1 aromatic rings. The van der Waals surface area contributed by atoms with Gasteiger partial charge in [-0.25, -0.2) is 4.98 Å². The molecule has 0 aromatic carbocycles. The van der Waals surface area contributed by atoms with Crippen molar-refractivity contribution >= 4 is 5.82 Å². The van der Waals surface area contributed by atoms with Crippen molar-refractivity contribution in [3.63, 3.8) is 0 Å². The summed E-state index contributed by atoms with van der Waals surface area (Å²) in [7, 11) is 1.69. The van der Waals surface area contributed by atoms with Crippen molar-refractivity contribution in [1.82, 2.24) is 4.98 Å². The minimum absolute atomic E-state index is 0.577. The summed E-state index contributed by atoms with van der Waals surface area (Å²) in [5.74, 6) is 1.73. The lowest BCUT2D eigenvalue weighted by Gasteiger charge is -2.15. The highest BCUT2D eigenvalue weighted by Crippen LogP contribution is 2.27. The van der Waals surface area contributed by atoms with E-state index in [4.69, 9.17) is 4.74 Å². The van der Waals surface area contributed by atoms with Crippen LogP contribution in [0.25, 0.3) is 0 Å². The SMILES string of the molecule is COc1ccc(C)nc1NC1CCCC1. The van der Waals surface area contributed by atoms with E-state index in [0.717, 1.165) is 17.3 Å². The molecule has 1 aromatic heterocycles. The second-order valence-electron chi connectivity index (χ2n) is 4.13.